The van der Waals surface area contributed by atoms with Gasteiger partial charge in [0.2, 0.25) is 0 Å². The Morgan fingerprint density at radius 3 is 2.19 bits per heavy atom. The van der Waals surface area contributed by atoms with Gasteiger partial charge in [0.05, 0.1) is 12.8 Å². The number of anilines is 1. The smallest absolute Gasteiger partial charge is 0.335 e. The summed E-state index contributed by atoms with van der Waals surface area (Å²) in [7, 11) is 1.51. The van der Waals surface area contributed by atoms with Crippen molar-refractivity contribution in [1.29, 1.82) is 0 Å². The average molecular weight is 433 g/mol. The van der Waals surface area contributed by atoms with Gasteiger partial charge in [-0.05, 0) is 80.1 Å². The maximum Gasteiger partial charge on any atom is 0.335 e. The van der Waals surface area contributed by atoms with Gasteiger partial charge in [0.15, 0.2) is 0 Å². The van der Waals surface area contributed by atoms with Crippen LogP contribution in [0.3, 0.4) is 0 Å². The van der Waals surface area contributed by atoms with Crippen molar-refractivity contribution in [2.75, 3.05) is 12.0 Å². The van der Waals surface area contributed by atoms with Crippen molar-refractivity contribution in [2.45, 2.75) is 13.8 Å². The van der Waals surface area contributed by atoms with Crippen molar-refractivity contribution in [3.05, 3.63) is 82.9 Å². The summed E-state index contributed by atoms with van der Waals surface area (Å²) in [6.45, 7) is 3.70. The fourth-order valence-corrected chi connectivity index (χ4v) is 3.70. The van der Waals surface area contributed by atoms with Gasteiger partial charge < -0.3 is 9.30 Å². The molecule has 2 heterocycles. The highest BCUT2D eigenvalue weighted by molar-refractivity contribution is 6.39. The number of rotatable bonds is 4. The van der Waals surface area contributed by atoms with E-state index in [4.69, 9.17) is 4.74 Å². The molecule has 1 aromatic heterocycles. The molecule has 0 saturated carbocycles. The van der Waals surface area contributed by atoms with Crippen molar-refractivity contribution in [3.8, 4) is 11.4 Å². The van der Waals surface area contributed by atoms with Gasteiger partial charge >= 0.3 is 6.03 Å². The molecule has 4 amide bonds. The van der Waals surface area contributed by atoms with E-state index in [0.29, 0.717) is 17.0 Å². The average Bonchev–Trinajstić information content (AvgIpc) is 3.05. The summed E-state index contributed by atoms with van der Waals surface area (Å²) in [5.41, 5.74) is 3.13. The van der Waals surface area contributed by atoms with Crippen LogP contribution in [0.4, 0.5) is 14.9 Å². The van der Waals surface area contributed by atoms with Gasteiger partial charge in [-0.25, -0.2) is 14.1 Å². The first-order valence-electron chi connectivity index (χ1n) is 9.80. The highest BCUT2D eigenvalue weighted by atomic mass is 19.1. The number of methoxy groups -OCH3 is 1. The zero-order chi connectivity index (χ0) is 23.0. The van der Waals surface area contributed by atoms with E-state index >= 15 is 0 Å². The first kappa shape index (κ1) is 21.0. The molecule has 3 aromatic rings. The lowest BCUT2D eigenvalue weighted by atomic mass is 10.1. The highest BCUT2D eigenvalue weighted by Gasteiger charge is 2.37. The molecule has 0 aliphatic carbocycles. The van der Waals surface area contributed by atoms with E-state index in [-0.39, 0.29) is 11.4 Å². The molecule has 0 spiro atoms. The summed E-state index contributed by atoms with van der Waals surface area (Å²) in [4.78, 5) is 38.9. The Balaban J connectivity index is 1.73. The number of hydrogen-bond acceptors (Lipinski definition) is 4. The number of nitrogens with zero attached hydrogens (tertiary/aromatic N) is 2. The minimum Gasteiger partial charge on any atom is -0.497 e. The van der Waals surface area contributed by atoms with Crippen molar-refractivity contribution >= 4 is 29.6 Å². The molecule has 162 valence electrons. The largest absolute Gasteiger partial charge is 0.497 e. The molecule has 1 aliphatic heterocycles. The number of urea groups is 1. The first-order chi connectivity index (χ1) is 15.3. The number of imide groups is 2. The maximum atomic E-state index is 13.3. The normalized spacial score (nSPS) is 15.3. The lowest BCUT2D eigenvalue weighted by Gasteiger charge is -2.26. The maximum absolute atomic E-state index is 13.3. The lowest BCUT2D eigenvalue weighted by molar-refractivity contribution is -0.122. The van der Waals surface area contributed by atoms with Crippen LogP contribution >= 0.6 is 0 Å². The minimum absolute atomic E-state index is 0.167. The standard InChI is InChI=1S/C24H20FN3O4/c1-14-12-16(15(2)27(14)18-6-4-17(25)5-7-18)13-21-22(29)26-24(31)28(23(21)30)19-8-10-20(32-3)11-9-19/h4-13H,1-3H3,(H,26,29,31)/b21-13+. The number of aryl methyl sites for hydroxylation is 1. The van der Waals surface area contributed by atoms with Crippen LogP contribution in [0.25, 0.3) is 11.8 Å². The molecule has 2 aromatic carbocycles. The molecule has 0 bridgehead atoms. The van der Waals surface area contributed by atoms with Crippen molar-refractivity contribution in [1.82, 2.24) is 9.88 Å². The third-order valence-electron chi connectivity index (χ3n) is 5.29. The fourth-order valence-electron chi connectivity index (χ4n) is 3.70. The Hall–Kier alpha value is -4.20. The van der Waals surface area contributed by atoms with Crippen LogP contribution in [-0.2, 0) is 9.59 Å². The molecule has 1 N–H and O–H groups in total. The van der Waals surface area contributed by atoms with Gasteiger partial charge in [0.25, 0.3) is 11.8 Å². The molecule has 0 unspecified atom stereocenters. The van der Waals surface area contributed by atoms with Gasteiger partial charge in [0.1, 0.15) is 17.1 Å². The number of nitrogens with one attached hydrogen (secondary N) is 1. The van der Waals surface area contributed by atoms with Gasteiger partial charge in [0, 0.05) is 17.1 Å². The van der Waals surface area contributed by atoms with Crippen LogP contribution in [-0.4, -0.2) is 29.5 Å². The summed E-state index contributed by atoms with van der Waals surface area (Å²) in [6, 6.07) is 13.4. The Morgan fingerprint density at radius 2 is 1.56 bits per heavy atom. The molecule has 1 fully saturated rings. The zero-order valence-electron chi connectivity index (χ0n) is 17.7. The molecule has 7 nitrogen and oxygen atoms in total. The molecule has 8 heteroatoms. The topological polar surface area (TPSA) is 80.6 Å². The van der Waals surface area contributed by atoms with Crippen LogP contribution in [0.5, 0.6) is 5.75 Å². The predicted octanol–water partition coefficient (Wildman–Crippen LogP) is 3.91. The Kier molecular flexibility index (Phi) is 5.36. The predicted molar refractivity (Wildman–Crippen MR) is 117 cm³/mol. The quantitative estimate of drug-likeness (QED) is 0.500. The lowest BCUT2D eigenvalue weighted by Crippen LogP contribution is -2.54. The molecule has 4 rings (SSSR count). The summed E-state index contributed by atoms with van der Waals surface area (Å²) in [5.74, 6) is -1.27. The van der Waals surface area contributed by atoms with Crippen LogP contribution < -0.4 is 15.0 Å². The number of barbiturate groups is 1. The van der Waals surface area contributed by atoms with Gasteiger partial charge in [-0.1, -0.05) is 0 Å². The molecular formula is C24H20FN3O4. The summed E-state index contributed by atoms with van der Waals surface area (Å²) < 4.78 is 20.3. The molecule has 1 saturated heterocycles. The second-order valence-corrected chi connectivity index (χ2v) is 7.29. The highest BCUT2D eigenvalue weighted by Crippen LogP contribution is 2.27. The number of carbonyl (C=O) groups excluding carboxylic acids is 3. The number of hydrogen-bond donors (Lipinski definition) is 1. The van der Waals surface area contributed by atoms with E-state index in [2.05, 4.69) is 5.32 Å². The Bertz CT molecular complexity index is 1260. The Labute approximate surface area is 183 Å². The van der Waals surface area contributed by atoms with E-state index in [1.165, 1.54) is 25.3 Å². The van der Waals surface area contributed by atoms with E-state index in [0.717, 1.165) is 22.0 Å². The fraction of sp³-hybridized carbons (Fsp3) is 0.125. The molecule has 32 heavy (non-hydrogen) atoms. The van der Waals surface area contributed by atoms with Crippen molar-refractivity contribution in [2.24, 2.45) is 0 Å². The van der Waals surface area contributed by atoms with E-state index in [9.17, 15) is 18.8 Å². The van der Waals surface area contributed by atoms with Crippen LogP contribution in [0.1, 0.15) is 17.0 Å². The molecule has 0 radical (unpaired) electrons. The van der Waals surface area contributed by atoms with Crippen LogP contribution in [0.2, 0.25) is 0 Å². The summed E-state index contributed by atoms with van der Waals surface area (Å²) >= 11 is 0. The van der Waals surface area contributed by atoms with Gasteiger partial charge in [-0.2, -0.15) is 0 Å². The minimum atomic E-state index is -0.820. The van der Waals surface area contributed by atoms with Crippen LogP contribution in [0, 0.1) is 19.7 Å². The second kappa shape index (κ2) is 8.14. The van der Waals surface area contributed by atoms with E-state index in [1.54, 1.807) is 36.4 Å². The Morgan fingerprint density at radius 1 is 0.938 bits per heavy atom. The van der Waals surface area contributed by atoms with Crippen LogP contribution in [0.15, 0.2) is 60.2 Å². The number of aromatic nitrogens is 1. The van der Waals surface area contributed by atoms with Crippen molar-refractivity contribution < 1.29 is 23.5 Å². The number of halogens is 1. The van der Waals surface area contributed by atoms with Crippen molar-refractivity contribution in [3.63, 3.8) is 0 Å². The van der Waals surface area contributed by atoms with Gasteiger partial charge in [-0.3, -0.25) is 14.9 Å². The third-order valence-corrected chi connectivity index (χ3v) is 5.29. The molecule has 1 aliphatic rings. The molecule has 0 atom stereocenters. The number of ether oxygens (including phenoxy) is 1. The zero-order valence-corrected chi connectivity index (χ0v) is 17.7. The number of amides is 4. The van der Waals surface area contributed by atoms with E-state index < -0.39 is 17.8 Å². The second-order valence-electron chi connectivity index (χ2n) is 7.29. The number of benzene rings is 2. The molecular weight excluding hydrogens is 413 g/mol. The van der Waals surface area contributed by atoms with Gasteiger partial charge in [-0.15, -0.1) is 0 Å². The summed E-state index contributed by atoms with van der Waals surface area (Å²) in [5, 5.41) is 2.22. The van der Waals surface area contributed by atoms with E-state index in [1.807, 2.05) is 24.5 Å². The summed E-state index contributed by atoms with van der Waals surface area (Å²) in [6.07, 6.45) is 1.46. The monoisotopic (exact) mass is 433 g/mol. The number of carbonyl (C=O) groups is 3. The first-order valence-corrected chi connectivity index (χ1v) is 9.80. The SMILES string of the molecule is COc1ccc(N2C(=O)NC(=O)/C(=C\c3cc(C)n(-c4ccc(F)cc4)c3C)C2=O)cc1. The third kappa shape index (κ3) is 3.66.